The quantitative estimate of drug-likeness (QED) is 0.737. The first-order valence-electron chi connectivity index (χ1n) is 6.83. The average Bonchev–Trinajstić information content (AvgIpc) is 2.85. The Balaban J connectivity index is 2.74. The Morgan fingerprint density at radius 1 is 1.32 bits per heavy atom. The summed E-state index contributed by atoms with van der Waals surface area (Å²) in [7, 11) is -3.39. The van der Waals surface area contributed by atoms with E-state index in [4.69, 9.17) is 5.73 Å². The molecule has 0 aliphatic rings. The van der Waals surface area contributed by atoms with E-state index >= 15 is 0 Å². The number of unbranched alkanes of at least 4 members (excludes halogenated alkanes) is 1. The molecule has 0 radical (unpaired) electrons. The molecule has 0 amide bonds. The third-order valence-electron chi connectivity index (χ3n) is 3.00. The van der Waals surface area contributed by atoms with Gasteiger partial charge in [0, 0.05) is 12.6 Å². The van der Waals surface area contributed by atoms with Crippen molar-refractivity contribution in [2.45, 2.75) is 62.7 Å². The largest absolute Gasteiger partial charge is 0.326 e. The number of rotatable bonds is 9. The number of hydrogen-bond acceptors (Lipinski definition) is 4. The minimum absolute atomic E-state index is 0.0402. The number of nitrogens with one attached hydrogen (secondary N) is 1. The molecule has 0 bridgehead atoms. The Bertz CT molecular complexity index is 469. The summed E-state index contributed by atoms with van der Waals surface area (Å²) < 4.78 is 27.7. The van der Waals surface area contributed by atoms with Crippen molar-refractivity contribution in [1.29, 1.82) is 0 Å². The van der Waals surface area contributed by atoms with Crippen LogP contribution >= 0.6 is 11.3 Å². The Morgan fingerprint density at radius 2 is 2.05 bits per heavy atom. The van der Waals surface area contributed by atoms with Crippen LogP contribution in [0.3, 0.4) is 0 Å². The highest BCUT2D eigenvalue weighted by atomic mass is 32.2. The third-order valence-corrected chi connectivity index (χ3v) is 6.00. The Morgan fingerprint density at radius 3 is 2.58 bits per heavy atom. The summed E-state index contributed by atoms with van der Waals surface area (Å²) in [5.41, 5.74) is 6.38. The fourth-order valence-corrected chi connectivity index (χ4v) is 4.48. The van der Waals surface area contributed by atoms with Gasteiger partial charge in [-0.2, -0.15) is 0 Å². The monoisotopic (exact) mass is 304 g/mol. The van der Waals surface area contributed by atoms with Gasteiger partial charge in [0.1, 0.15) is 4.21 Å². The Kier molecular flexibility index (Phi) is 6.99. The molecule has 1 aromatic rings. The van der Waals surface area contributed by atoms with Gasteiger partial charge in [-0.15, -0.1) is 11.3 Å². The summed E-state index contributed by atoms with van der Waals surface area (Å²) in [5, 5.41) is 1.80. The van der Waals surface area contributed by atoms with E-state index in [1.807, 2.05) is 0 Å². The second-order valence-electron chi connectivity index (χ2n) is 4.73. The zero-order valence-electron chi connectivity index (χ0n) is 11.7. The van der Waals surface area contributed by atoms with Crippen LogP contribution in [0.15, 0.2) is 15.7 Å². The molecule has 6 heteroatoms. The van der Waals surface area contributed by atoms with Crippen molar-refractivity contribution in [3.05, 3.63) is 17.0 Å². The first-order valence-corrected chi connectivity index (χ1v) is 9.19. The smallest absolute Gasteiger partial charge is 0.250 e. The van der Waals surface area contributed by atoms with Crippen molar-refractivity contribution in [3.8, 4) is 0 Å². The molecule has 0 fully saturated rings. The van der Waals surface area contributed by atoms with Gasteiger partial charge in [0.05, 0.1) is 0 Å². The van der Waals surface area contributed by atoms with Crippen LogP contribution in [0.4, 0.5) is 0 Å². The molecule has 110 valence electrons. The lowest BCUT2D eigenvalue weighted by atomic mass is 10.1. The maximum atomic E-state index is 12.3. The molecule has 0 spiro atoms. The van der Waals surface area contributed by atoms with Gasteiger partial charge in [0.25, 0.3) is 0 Å². The first-order chi connectivity index (χ1) is 9.03. The molecule has 1 rings (SSSR count). The van der Waals surface area contributed by atoms with Crippen LogP contribution in [0.2, 0.25) is 0 Å². The number of hydrogen-bond donors (Lipinski definition) is 2. The molecule has 19 heavy (non-hydrogen) atoms. The van der Waals surface area contributed by atoms with Gasteiger partial charge in [-0.05, 0) is 29.9 Å². The van der Waals surface area contributed by atoms with E-state index in [1.54, 1.807) is 11.4 Å². The van der Waals surface area contributed by atoms with Crippen LogP contribution in [0.1, 0.15) is 51.5 Å². The van der Waals surface area contributed by atoms with Gasteiger partial charge in [-0.3, -0.25) is 0 Å². The van der Waals surface area contributed by atoms with Gasteiger partial charge >= 0.3 is 0 Å². The maximum Gasteiger partial charge on any atom is 0.250 e. The number of sulfonamides is 1. The summed E-state index contributed by atoms with van der Waals surface area (Å²) in [4.78, 5) is 0. The lowest BCUT2D eigenvalue weighted by Gasteiger charge is -2.17. The maximum absolute atomic E-state index is 12.3. The second kappa shape index (κ2) is 7.99. The lowest BCUT2D eigenvalue weighted by molar-refractivity contribution is 0.484. The van der Waals surface area contributed by atoms with E-state index in [0.717, 1.165) is 37.7 Å². The molecular weight excluding hydrogens is 280 g/mol. The number of thiophene rings is 1. The van der Waals surface area contributed by atoms with Crippen LogP contribution in [0, 0.1) is 0 Å². The molecule has 0 aliphatic heterocycles. The van der Waals surface area contributed by atoms with E-state index in [2.05, 4.69) is 18.6 Å². The van der Waals surface area contributed by atoms with Crippen molar-refractivity contribution >= 4 is 21.4 Å². The number of nitrogens with two attached hydrogens (primary N) is 1. The van der Waals surface area contributed by atoms with Crippen LogP contribution in [0.25, 0.3) is 0 Å². The molecule has 0 aromatic carbocycles. The van der Waals surface area contributed by atoms with Crippen molar-refractivity contribution < 1.29 is 8.42 Å². The van der Waals surface area contributed by atoms with E-state index < -0.39 is 10.0 Å². The molecule has 1 atom stereocenters. The molecule has 1 unspecified atom stereocenters. The zero-order chi connectivity index (χ0) is 14.3. The lowest BCUT2D eigenvalue weighted by Crippen LogP contribution is -2.34. The summed E-state index contributed by atoms with van der Waals surface area (Å²) in [6, 6.07) is 1.70. The van der Waals surface area contributed by atoms with E-state index in [1.165, 1.54) is 11.3 Å². The standard InChI is InChI=1S/C13H24N2O2S2/c1-3-5-7-12(6-4-2)15-19(16,17)13-8-11(9-14)10-18-13/h8,10,12,15H,3-7,9,14H2,1-2H3. The van der Waals surface area contributed by atoms with Crippen molar-refractivity contribution in [3.63, 3.8) is 0 Å². The SMILES string of the molecule is CCCCC(CCC)NS(=O)(=O)c1cc(CN)cs1. The van der Waals surface area contributed by atoms with Gasteiger partial charge in [-0.1, -0.05) is 33.1 Å². The normalized spacial score (nSPS) is 13.6. The highest BCUT2D eigenvalue weighted by Crippen LogP contribution is 2.21. The molecule has 4 nitrogen and oxygen atoms in total. The highest BCUT2D eigenvalue weighted by molar-refractivity contribution is 7.91. The van der Waals surface area contributed by atoms with Gasteiger partial charge < -0.3 is 5.73 Å². The Hall–Kier alpha value is -0.430. The molecule has 0 saturated carbocycles. The minimum atomic E-state index is -3.39. The molecule has 0 aliphatic carbocycles. The van der Waals surface area contributed by atoms with E-state index in [0.29, 0.717) is 10.8 Å². The summed E-state index contributed by atoms with van der Waals surface area (Å²) in [6.07, 6.45) is 4.90. The van der Waals surface area contributed by atoms with E-state index in [-0.39, 0.29) is 6.04 Å². The van der Waals surface area contributed by atoms with Crippen molar-refractivity contribution in [2.24, 2.45) is 5.73 Å². The average molecular weight is 304 g/mol. The van der Waals surface area contributed by atoms with Crippen LogP contribution < -0.4 is 10.5 Å². The third kappa shape index (κ3) is 5.22. The summed E-state index contributed by atoms with van der Waals surface area (Å²) in [6.45, 7) is 4.56. The zero-order valence-corrected chi connectivity index (χ0v) is 13.3. The fourth-order valence-electron chi connectivity index (χ4n) is 1.94. The fraction of sp³-hybridized carbons (Fsp3) is 0.692. The predicted molar refractivity (Wildman–Crippen MR) is 80.8 cm³/mol. The second-order valence-corrected chi connectivity index (χ2v) is 7.58. The molecule has 1 aromatic heterocycles. The molecule has 3 N–H and O–H groups in total. The van der Waals surface area contributed by atoms with Crippen molar-refractivity contribution in [1.82, 2.24) is 4.72 Å². The van der Waals surface area contributed by atoms with Gasteiger partial charge in [-0.25, -0.2) is 13.1 Å². The van der Waals surface area contributed by atoms with Crippen LogP contribution in [-0.2, 0) is 16.6 Å². The topological polar surface area (TPSA) is 72.2 Å². The molecular formula is C13H24N2O2S2. The van der Waals surface area contributed by atoms with Gasteiger partial charge in [0.2, 0.25) is 10.0 Å². The first kappa shape index (κ1) is 16.6. The molecule has 0 saturated heterocycles. The minimum Gasteiger partial charge on any atom is -0.326 e. The predicted octanol–water partition coefficient (Wildman–Crippen LogP) is 2.84. The van der Waals surface area contributed by atoms with Crippen LogP contribution in [-0.4, -0.2) is 14.5 Å². The Labute approximate surface area is 120 Å². The van der Waals surface area contributed by atoms with E-state index in [9.17, 15) is 8.42 Å². The highest BCUT2D eigenvalue weighted by Gasteiger charge is 2.20. The summed E-state index contributed by atoms with van der Waals surface area (Å²) in [5.74, 6) is 0. The van der Waals surface area contributed by atoms with Gasteiger partial charge in [0.15, 0.2) is 0 Å². The van der Waals surface area contributed by atoms with Crippen LogP contribution in [0.5, 0.6) is 0 Å². The van der Waals surface area contributed by atoms with Crippen molar-refractivity contribution in [2.75, 3.05) is 0 Å². The molecule has 1 heterocycles. The summed E-state index contributed by atoms with van der Waals surface area (Å²) >= 11 is 1.23.